The van der Waals surface area contributed by atoms with E-state index in [-0.39, 0.29) is 18.0 Å². The van der Waals surface area contributed by atoms with Gasteiger partial charge in [-0.3, -0.25) is 4.79 Å². The van der Waals surface area contributed by atoms with Gasteiger partial charge in [-0.1, -0.05) is 18.2 Å². The normalized spacial score (nSPS) is 20.5. The van der Waals surface area contributed by atoms with Crippen LogP contribution in [-0.2, 0) is 4.79 Å². The fourth-order valence-electron chi connectivity index (χ4n) is 2.83. The van der Waals surface area contributed by atoms with Crippen LogP contribution < -0.4 is 5.32 Å². The van der Waals surface area contributed by atoms with Crippen molar-refractivity contribution in [2.75, 3.05) is 6.54 Å². The first-order valence-electron chi connectivity index (χ1n) is 7.62. The monoisotopic (exact) mass is 335 g/mol. The van der Waals surface area contributed by atoms with Crippen LogP contribution in [0, 0.1) is 23.4 Å². The molecule has 0 unspecified atom stereocenters. The van der Waals surface area contributed by atoms with Gasteiger partial charge in [0.25, 0.3) is 0 Å². The van der Waals surface area contributed by atoms with Crippen LogP contribution >= 0.6 is 0 Å². The van der Waals surface area contributed by atoms with Crippen LogP contribution in [0.15, 0.2) is 42.5 Å². The molecular weight excluding hydrogens is 319 g/mol. The van der Waals surface area contributed by atoms with Crippen molar-refractivity contribution in [1.82, 2.24) is 5.32 Å². The first kappa shape index (κ1) is 16.5. The fraction of sp³-hybridized carbons (Fsp3) is 0.278. The van der Waals surface area contributed by atoms with Crippen LogP contribution in [0.5, 0.6) is 0 Å². The number of nitrogens with one attached hydrogen (secondary N) is 1. The van der Waals surface area contributed by atoms with Gasteiger partial charge in [-0.2, -0.15) is 0 Å². The molecule has 1 amide bonds. The molecule has 0 aliphatic heterocycles. The van der Waals surface area contributed by atoms with Gasteiger partial charge in [0, 0.05) is 23.9 Å². The van der Waals surface area contributed by atoms with Crippen LogP contribution in [0.4, 0.5) is 13.2 Å². The molecule has 1 fully saturated rings. The predicted molar refractivity (Wildman–Crippen MR) is 81.6 cm³/mol. The molecule has 0 aromatic heterocycles. The van der Waals surface area contributed by atoms with Crippen molar-refractivity contribution in [3.05, 3.63) is 71.0 Å². The number of amides is 1. The van der Waals surface area contributed by atoms with Crippen molar-refractivity contribution in [2.45, 2.75) is 18.4 Å². The van der Waals surface area contributed by atoms with Crippen molar-refractivity contribution in [3.8, 4) is 0 Å². The molecule has 6 heteroatoms. The lowest BCUT2D eigenvalue weighted by Crippen LogP contribution is -2.30. The SMILES string of the molecule is O=C(NC[C@H](O)c1cccc(F)c1)[C@@H]1C[C@H]1c1c(F)cccc1F. The maximum atomic E-state index is 13.7. The molecule has 3 nitrogen and oxygen atoms in total. The van der Waals surface area contributed by atoms with E-state index in [0.717, 1.165) is 0 Å². The highest BCUT2D eigenvalue weighted by Gasteiger charge is 2.46. The van der Waals surface area contributed by atoms with Crippen molar-refractivity contribution in [3.63, 3.8) is 0 Å². The number of aliphatic hydroxyl groups is 1. The first-order chi connectivity index (χ1) is 11.5. The number of hydrogen-bond acceptors (Lipinski definition) is 2. The standard InChI is InChI=1S/C18H16F3NO2/c19-11-4-1-3-10(7-11)16(23)9-22-18(24)13-8-12(13)17-14(20)5-2-6-15(17)21/h1-7,12-13,16,23H,8-9H2,(H,22,24)/t12-,13-,16+/m1/s1. The maximum absolute atomic E-state index is 13.7. The average Bonchev–Trinajstić information content (AvgIpc) is 3.32. The Hall–Kier alpha value is -2.34. The minimum atomic E-state index is -1.05. The number of rotatable bonds is 5. The Kier molecular flexibility index (Phi) is 4.57. The summed E-state index contributed by atoms with van der Waals surface area (Å²) >= 11 is 0. The largest absolute Gasteiger partial charge is 0.387 e. The van der Waals surface area contributed by atoms with Gasteiger partial charge in [-0.25, -0.2) is 13.2 Å². The second-order valence-electron chi connectivity index (χ2n) is 5.90. The molecule has 1 aliphatic rings. The Morgan fingerprint density at radius 1 is 1.17 bits per heavy atom. The summed E-state index contributed by atoms with van der Waals surface area (Å²) < 4.78 is 40.5. The highest BCUT2D eigenvalue weighted by molar-refractivity contribution is 5.83. The zero-order chi connectivity index (χ0) is 17.3. The van der Waals surface area contributed by atoms with E-state index in [1.165, 1.54) is 36.4 Å². The van der Waals surface area contributed by atoms with Crippen LogP contribution in [0.1, 0.15) is 29.6 Å². The Bertz CT molecular complexity index is 745. The summed E-state index contributed by atoms with van der Waals surface area (Å²) in [5.41, 5.74) is 0.283. The molecule has 1 aliphatic carbocycles. The zero-order valence-corrected chi connectivity index (χ0v) is 12.7. The van der Waals surface area contributed by atoms with Crippen molar-refractivity contribution in [2.24, 2.45) is 5.92 Å². The summed E-state index contributed by atoms with van der Waals surface area (Å²) in [6.45, 7) is -0.0920. The molecule has 24 heavy (non-hydrogen) atoms. The van der Waals surface area contributed by atoms with Crippen molar-refractivity contribution in [1.29, 1.82) is 0 Å². The third kappa shape index (κ3) is 3.43. The molecule has 1 saturated carbocycles. The van der Waals surface area contributed by atoms with Gasteiger partial charge in [-0.15, -0.1) is 0 Å². The Morgan fingerprint density at radius 3 is 2.50 bits per heavy atom. The lowest BCUT2D eigenvalue weighted by atomic mass is 10.1. The van der Waals surface area contributed by atoms with Gasteiger partial charge in [0.15, 0.2) is 0 Å². The number of hydrogen-bond donors (Lipinski definition) is 2. The summed E-state index contributed by atoms with van der Waals surface area (Å²) in [4.78, 5) is 12.1. The van der Waals surface area contributed by atoms with Crippen molar-refractivity contribution >= 4 is 5.91 Å². The van der Waals surface area contributed by atoms with Gasteiger partial charge >= 0.3 is 0 Å². The van der Waals surface area contributed by atoms with E-state index in [9.17, 15) is 23.1 Å². The third-order valence-electron chi connectivity index (χ3n) is 4.20. The van der Waals surface area contributed by atoms with Crippen molar-refractivity contribution < 1.29 is 23.1 Å². The van der Waals surface area contributed by atoms with E-state index in [1.54, 1.807) is 6.07 Å². The van der Waals surface area contributed by atoms with E-state index in [0.29, 0.717) is 12.0 Å². The molecule has 2 aromatic carbocycles. The van der Waals surface area contributed by atoms with E-state index in [2.05, 4.69) is 5.32 Å². The van der Waals surface area contributed by atoms with Gasteiger partial charge in [0.2, 0.25) is 5.91 Å². The smallest absolute Gasteiger partial charge is 0.223 e. The fourth-order valence-corrected chi connectivity index (χ4v) is 2.83. The summed E-state index contributed by atoms with van der Waals surface area (Å²) in [5.74, 6) is -3.17. The minimum absolute atomic E-state index is 0.0664. The lowest BCUT2D eigenvalue weighted by molar-refractivity contribution is -0.122. The average molecular weight is 335 g/mol. The van der Waals surface area contributed by atoms with Crippen LogP contribution in [0.25, 0.3) is 0 Å². The number of halogens is 3. The maximum Gasteiger partial charge on any atom is 0.223 e. The molecule has 0 heterocycles. The molecular formula is C18H16F3NO2. The second-order valence-corrected chi connectivity index (χ2v) is 5.90. The summed E-state index contributed by atoms with van der Waals surface area (Å²) in [6.07, 6.45) is -0.688. The van der Waals surface area contributed by atoms with Crippen LogP contribution in [0.2, 0.25) is 0 Å². The Morgan fingerprint density at radius 2 is 1.83 bits per heavy atom. The van der Waals surface area contributed by atoms with E-state index >= 15 is 0 Å². The lowest BCUT2D eigenvalue weighted by Gasteiger charge is -2.12. The molecule has 2 aromatic rings. The van der Waals surface area contributed by atoms with E-state index < -0.39 is 35.4 Å². The molecule has 126 valence electrons. The van der Waals surface area contributed by atoms with E-state index in [4.69, 9.17) is 0 Å². The van der Waals surface area contributed by atoms with Gasteiger partial charge < -0.3 is 10.4 Å². The van der Waals surface area contributed by atoms with E-state index in [1.807, 2.05) is 0 Å². The Labute approximate surface area is 137 Å². The van der Waals surface area contributed by atoms with Gasteiger partial charge in [0.05, 0.1) is 6.10 Å². The summed E-state index contributed by atoms with van der Waals surface area (Å²) in [6, 6.07) is 9.07. The van der Waals surface area contributed by atoms with Gasteiger partial charge in [0.1, 0.15) is 17.5 Å². The third-order valence-corrected chi connectivity index (χ3v) is 4.20. The summed E-state index contributed by atoms with van der Waals surface area (Å²) in [7, 11) is 0. The molecule has 2 N–H and O–H groups in total. The number of benzene rings is 2. The number of carbonyl (C=O) groups excluding carboxylic acids is 1. The molecule has 0 radical (unpaired) electrons. The first-order valence-corrected chi connectivity index (χ1v) is 7.62. The highest BCUT2D eigenvalue weighted by atomic mass is 19.1. The second kappa shape index (κ2) is 6.65. The highest BCUT2D eigenvalue weighted by Crippen LogP contribution is 2.49. The quantitative estimate of drug-likeness (QED) is 0.882. The molecule has 3 rings (SSSR count). The predicted octanol–water partition coefficient (Wildman–Crippen LogP) is 3.06. The van der Waals surface area contributed by atoms with Crippen LogP contribution in [-0.4, -0.2) is 17.6 Å². The number of aliphatic hydroxyl groups excluding tert-OH is 1. The molecule has 0 saturated heterocycles. The number of carbonyl (C=O) groups is 1. The Balaban J connectivity index is 1.57. The summed E-state index contributed by atoms with van der Waals surface area (Å²) in [5, 5.41) is 12.5. The zero-order valence-electron chi connectivity index (χ0n) is 12.7. The molecule has 0 spiro atoms. The molecule has 3 atom stereocenters. The van der Waals surface area contributed by atoms with Crippen LogP contribution in [0.3, 0.4) is 0 Å². The minimum Gasteiger partial charge on any atom is -0.387 e. The topological polar surface area (TPSA) is 49.3 Å². The molecule has 0 bridgehead atoms. The van der Waals surface area contributed by atoms with Gasteiger partial charge in [-0.05, 0) is 36.2 Å².